The van der Waals surface area contributed by atoms with Gasteiger partial charge in [0.15, 0.2) is 0 Å². The van der Waals surface area contributed by atoms with Crippen LogP contribution in [0.25, 0.3) is 10.8 Å². The van der Waals surface area contributed by atoms with Gasteiger partial charge in [-0.25, -0.2) is 0 Å². The van der Waals surface area contributed by atoms with E-state index in [0.717, 1.165) is 41.3 Å². The van der Waals surface area contributed by atoms with Gasteiger partial charge in [-0.1, -0.05) is 43.3 Å². The number of nitrogens with one attached hydrogen (secondary N) is 2. The third kappa shape index (κ3) is 3.47. The van der Waals surface area contributed by atoms with Crippen LogP contribution in [-0.2, 0) is 17.6 Å². The highest BCUT2D eigenvalue weighted by Gasteiger charge is 2.28. The summed E-state index contributed by atoms with van der Waals surface area (Å²) in [6.07, 6.45) is 2.91. The molecule has 0 saturated heterocycles. The molecule has 2 N–H and O–H groups in total. The molecule has 0 aliphatic heterocycles. The summed E-state index contributed by atoms with van der Waals surface area (Å²) >= 11 is 1.54. The van der Waals surface area contributed by atoms with E-state index in [1.165, 1.54) is 11.8 Å². The first-order valence-corrected chi connectivity index (χ1v) is 10.1. The Morgan fingerprint density at radius 1 is 1.07 bits per heavy atom. The fraction of sp³-hybridized carbons (Fsp3) is 0.273. The van der Waals surface area contributed by atoms with Crippen molar-refractivity contribution in [2.24, 2.45) is 5.92 Å². The predicted octanol–water partition coefficient (Wildman–Crippen LogP) is 5.24. The quantitative estimate of drug-likeness (QED) is 0.655. The van der Waals surface area contributed by atoms with Gasteiger partial charge in [0, 0.05) is 22.9 Å². The van der Waals surface area contributed by atoms with Crippen molar-refractivity contribution in [1.82, 2.24) is 0 Å². The molecule has 138 valence electrons. The van der Waals surface area contributed by atoms with Gasteiger partial charge in [-0.15, -0.1) is 11.3 Å². The molecule has 1 aromatic heterocycles. The average Bonchev–Trinajstić information content (AvgIpc) is 2.98. The molecule has 0 bridgehead atoms. The molecule has 3 aromatic rings. The second-order valence-corrected chi connectivity index (χ2v) is 8.32. The highest BCUT2D eigenvalue weighted by molar-refractivity contribution is 7.17. The highest BCUT2D eigenvalue weighted by atomic mass is 32.1. The van der Waals surface area contributed by atoms with Crippen molar-refractivity contribution in [3.05, 3.63) is 58.5 Å². The lowest BCUT2D eigenvalue weighted by atomic mass is 9.88. The fourth-order valence-electron chi connectivity index (χ4n) is 3.76. The molecule has 4 nitrogen and oxygen atoms in total. The zero-order valence-electron chi connectivity index (χ0n) is 15.5. The first-order valence-electron chi connectivity index (χ1n) is 9.24. The first kappa shape index (κ1) is 17.7. The molecule has 27 heavy (non-hydrogen) atoms. The van der Waals surface area contributed by atoms with Gasteiger partial charge in [0.05, 0.1) is 5.56 Å². The first-order chi connectivity index (χ1) is 13.0. The topological polar surface area (TPSA) is 58.2 Å². The second-order valence-electron chi connectivity index (χ2n) is 7.22. The maximum Gasteiger partial charge on any atom is 0.258 e. The number of anilines is 2. The molecule has 0 spiro atoms. The van der Waals surface area contributed by atoms with E-state index in [2.05, 4.69) is 17.6 Å². The number of amides is 2. The molecule has 0 fully saturated rings. The molecule has 2 aromatic carbocycles. The highest BCUT2D eigenvalue weighted by Crippen LogP contribution is 2.40. The van der Waals surface area contributed by atoms with Crippen molar-refractivity contribution < 1.29 is 9.59 Å². The van der Waals surface area contributed by atoms with Crippen LogP contribution in [0.1, 0.15) is 41.1 Å². The van der Waals surface area contributed by atoms with E-state index in [4.69, 9.17) is 0 Å². The molecule has 4 rings (SSSR count). The van der Waals surface area contributed by atoms with Gasteiger partial charge in [-0.2, -0.15) is 0 Å². The minimum atomic E-state index is -0.152. The summed E-state index contributed by atoms with van der Waals surface area (Å²) in [6, 6.07) is 13.9. The van der Waals surface area contributed by atoms with Crippen LogP contribution in [0, 0.1) is 5.92 Å². The van der Waals surface area contributed by atoms with Crippen LogP contribution in [0.2, 0.25) is 0 Å². The Kier molecular flexibility index (Phi) is 4.70. The summed E-state index contributed by atoms with van der Waals surface area (Å²) in [5, 5.41) is 8.70. The van der Waals surface area contributed by atoms with Crippen molar-refractivity contribution in [3.8, 4) is 0 Å². The smallest absolute Gasteiger partial charge is 0.258 e. The number of benzene rings is 2. The van der Waals surface area contributed by atoms with E-state index in [1.54, 1.807) is 11.3 Å². The molecule has 1 aliphatic rings. The molecule has 1 heterocycles. The van der Waals surface area contributed by atoms with Crippen molar-refractivity contribution >= 4 is 44.6 Å². The van der Waals surface area contributed by atoms with Crippen LogP contribution in [0.5, 0.6) is 0 Å². The van der Waals surface area contributed by atoms with Gasteiger partial charge >= 0.3 is 0 Å². The van der Waals surface area contributed by atoms with Gasteiger partial charge in [0.2, 0.25) is 5.91 Å². The SMILES string of the molecule is CC(=O)Nc1sc2c(c1C(=O)Nc1cccc3ccccc13)CC[C@H](C)C2. The second kappa shape index (κ2) is 7.16. The summed E-state index contributed by atoms with van der Waals surface area (Å²) in [5.41, 5.74) is 2.51. The number of fused-ring (bicyclic) bond motifs is 2. The van der Waals surface area contributed by atoms with Gasteiger partial charge in [-0.05, 0) is 42.2 Å². The summed E-state index contributed by atoms with van der Waals surface area (Å²) in [7, 11) is 0. The van der Waals surface area contributed by atoms with Crippen LogP contribution in [-0.4, -0.2) is 11.8 Å². The van der Waals surface area contributed by atoms with E-state index in [1.807, 2.05) is 42.5 Å². The molecular formula is C22H22N2O2S. The normalized spacial score (nSPS) is 16.0. The van der Waals surface area contributed by atoms with Gasteiger partial charge in [0.25, 0.3) is 5.91 Å². The van der Waals surface area contributed by atoms with Crippen molar-refractivity contribution in [2.75, 3.05) is 10.6 Å². The Morgan fingerprint density at radius 2 is 1.85 bits per heavy atom. The molecule has 0 unspecified atom stereocenters. The summed E-state index contributed by atoms with van der Waals surface area (Å²) < 4.78 is 0. The minimum absolute atomic E-state index is 0.151. The van der Waals surface area contributed by atoms with Gasteiger partial charge in [-0.3, -0.25) is 9.59 Å². The van der Waals surface area contributed by atoms with E-state index in [0.29, 0.717) is 16.5 Å². The number of hydrogen-bond donors (Lipinski definition) is 2. The fourth-order valence-corrected chi connectivity index (χ4v) is 5.21. The van der Waals surface area contributed by atoms with Crippen LogP contribution >= 0.6 is 11.3 Å². The minimum Gasteiger partial charge on any atom is -0.321 e. The Balaban J connectivity index is 1.73. The Morgan fingerprint density at radius 3 is 2.67 bits per heavy atom. The molecule has 0 saturated carbocycles. The lowest BCUT2D eigenvalue weighted by molar-refractivity contribution is -0.114. The molecule has 0 radical (unpaired) electrons. The Bertz CT molecular complexity index is 1030. The van der Waals surface area contributed by atoms with Crippen LogP contribution in [0.15, 0.2) is 42.5 Å². The standard InChI is InChI=1S/C22H22N2O2S/c1-13-10-11-17-19(12-13)27-22(23-14(2)25)20(17)21(26)24-18-9-5-7-15-6-3-4-8-16(15)18/h3-9,13H,10-12H2,1-2H3,(H,23,25)(H,24,26)/t13-/m0/s1. The Hall–Kier alpha value is -2.66. The zero-order valence-corrected chi connectivity index (χ0v) is 16.3. The molecule has 1 aliphatic carbocycles. The molecule has 2 amide bonds. The Labute approximate surface area is 162 Å². The monoisotopic (exact) mass is 378 g/mol. The maximum atomic E-state index is 13.2. The van der Waals surface area contributed by atoms with E-state index in [9.17, 15) is 9.59 Å². The zero-order chi connectivity index (χ0) is 19.0. The van der Waals surface area contributed by atoms with Crippen molar-refractivity contribution in [1.29, 1.82) is 0 Å². The lowest BCUT2D eigenvalue weighted by Crippen LogP contribution is -2.18. The lowest BCUT2D eigenvalue weighted by Gasteiger charge is -2.19. The van der Waals surface area contributed by atoms with Crippen LogP contribution < -0.4 is 10.6 Å². The van der Waals surface area contributed by atoms with Gasteiger partial charge in [0.1, 0.15) is 5.00 Å². The summed E-state index contributed by atoms with van der Waals surface area (Å²) in [6.45, 7) is 3.71. The third-order valence-electron chi connectivity index (χ3n) is 5.07. The number of rotatable bonds is 3. The molecule has 5 heteroatoms. The van der Waals surface area contributed by atoms with E-state index in [-0.39, 0.29) is 11.8 Å². The van der Waals surface area contributed by atoms with E-state index >= 15 is 0 Å². The molecular weight excluding hydrogens is 356 g/mol. The predicted molar refractivity (Wildman–Crippen MR) is 112 cm³/mol. The number of carbonyl (C=O) groups is 2. The van der Waals surface area contributed by atoms with Crippen LogP contribution in [0.3, 0.4) is 0 Å². The number of hydrogen-bond acceptors (Lipinski definition) is 3. The maximum absolute atomic E-state index is 13.2. The van der Waals surface area contributed by atoms with Gasteiger partial charge < -0.3 is 10.6 Å². The van der Waals surface area contributed by atoms with Crippen LogP contribution in [0.4, 0.5) is 10.7 Å². The third-order valence-corrected chi connectivity index (χ3v) is 6.24. The van der Waals surface area contributed by atoms with Crippen molar-refractivity contribution in [3.63, 3.8) is 0 Å². The largest absolute Gasteiger partial charge is 0.321 e. The summed E-state index contributed by atoms with van der Waals surface area (Å²) in [4.78, 5) is 26.1. The molecule has 1 atom stereocenters. The van der Waals surface area contributed by atoms with E-state index < -0.39 is 0 Å². The van der Waals surface area contributed by atoms with Crippen molar-refractivity contribution in [2.45, 2.75) is 33.1 Å². The summed E-state index contributed by atoms with van der Waals surface area (Å²) in [5.74, 6) is 0.304. The number of carbonyl (C=O) groups excluding carboxylic acids is 2. The average molecular weight is 378 g/mol. The number of thiophene rings is 1.